The Hall–Kier alpha value is -2.10. The first-order valence-corrected chi connectivity index (χ1v) is 11.2. The highest BCUT2D eigenvalue weighted by molar-refractivity contribution is 5.68. The number of nitriles is 1. The van der Waals surface area contributed by atoms with Crippen LogP contribution < -0.4 is 0 Å². The molecule has 2 aliphatic rings. The van der Waals surface area contributed by atoms with Crippen LogP contribution in [0.4, 0.5) is 4.79 Å². The molecule has 0 unspecified atom stereocenters. The number of aliphatic hydroxyl groups excluding tert-OH is 1. The van der Waals surface area contributed by atoms with Crippen LogP contribution in [0.15, 0.2) is 24.3 Å². The summed E-state index contributed by atoms with van der Waals surface area (Å²) in [6.07, 6.45) is 4.19. The summed E-state index contributed by atoms with van der Waals surface area (Å²) in [5, 5.41) is 19.0. The van der Waals surface area contributed by atoms with Crippen LogP contribution in [-0.2, 0) is 4.74 Å². The van der Waals surface area contributed by atoms with Crippen LogP contribution >= 0.6 is 0 Å². The van der Waals surface area contributed by atoms with Crippen LogP contribution in [0.5, 0.6) is 0 Å². The van der Waals surface area contributed by atoms with Crippen molar-refractivity contribution in [2.75, 3.05) is 26.2 Å². The third-order valence-corrected chi connectivity index (χ3v) is 6.16. The van der Waals surface area contributed by atoms with Gasteiger partial charge in [-0.05, 0) is 76.5 Å². The number of likely N-dealkylation sites (tertiary alicyclic amines) is 1. The van der Waals surface area contributed by atoms with Gasteiger partial charge in [-0.1, -0.05) is 12.1 Å². The van der Waals surface area contributed by atoms with E-state index in [1.165, 1.54) is 5.56 Å². The molecule has 1 saturated carbocycles. The predicted molar refractivity (Wildman–Crippen MR) is 116 cm³/mol. The number of rotatable bonds is 5. The average Bonchev–Trinajstić information content (AvgIpc) is 3.12. The van der Waals surface area contributed by atoms with Gasteiger partial charge in [0.05, 0.1) is 17.7 Å². The normalized spacial score (nSPS) is 25.0. The minimum Gasteiger partial charge on any atom is -0.444 e. The molecule has 1 aliphatic heterocycles. The average molecular weight is 414 g/mol. The zero-order chi connectivity index (χ0) is 21.7. The van der Waals surface area contributed by atoms with E-state index >= 15 is 0 Å². The summed E-state index contributed by atoms with van der Waals surface area (Å²) in [5.41, 5.74) is 1.41. The summed E-state index contributed by atoms with van der Waals surface area (Å²) in [4.78, 5) is 17.1. The fraction of sp³-hybridized carbons (Fsp3) is 0.667. The number of hydrogen-bond donors (Lipinski definition) is 1. The lowest BCUT2D eigenvalue weighted by atomic mass is 9.81. The molecule has 2 fully saturated rings. The summed E-state index contributed by atoms with van der Waals surface area (Å²) < 4.78 is 5.71. The maximum atomic E-state index is 13.0. The standard InChI is InChI=1S/C24H35N3O3/c1-24(2,3)30-23(29)27(14-13-26-12-11-22(28)17-26)21-9-7-19(8-10-21)20-6-4-5-18(15-20)16-25/h4-6,15,19,21-22,28H,7-14,17H2,1-3H3/t19-,21-,22-/m1/s1. The van der Waals surface area contributed by atoms with Crippen molar-refractivity contribution < 1.29 is 14.6 Å². The molecule has 0 aromatic heterocycles. The van der Waals surface area contributed by atoms with Crippen LogP contribution in [0.1, 0.15) is 69.9 Å². The Morgan fingerprint density at radius 1 is 1.27 bits per heavy atom. The monoisotopic (exact) mass is 413 g/mol. The van der Waals surface area contributed by atoms with E-state index in [0.717, 1.165) is 45.2 Å². The highest BCUT2D eigenvalue weighted by atomic mass is 16.6. The third kappa shape index (κ3) is 6.20. The summed E-state index contributed by atoms with van der Waals surface area (Å²) in [5.74, 6) is 0.434. The van der Waals surface area contributed by atoms with Crippen LogP contribution in [-0.4, -0.2) is 64.9 Å². The van der Waals surface area contributed by atoms with Crippen LogP contribution in [0.3, 0.4) is 0 Å². The van der Waals surface area contributed by atoms with E-state index in [4.69, 9.17) is 10.00 Å². The topological polar surface area (TPSA) is 76.8 Å². The lowest BCUT2D eigenvalue weighted by molar-refractivity contribution is 0.00956. The Morgan fingerprint density at radius 2 is 2.00 bits per heavy atom. The molecule has 1 amide bonds. The Labute approximate surface area is 180 Å². The fourth-order valence-corrected chi connectivity index (χ4v) is 4.59. The first kappa shape index (κ1) is 22.6. The minimum atomic E-state index is -0.520. The van der Waals surface area contributed by atoms with Gasteiger partial charge in [0.15, 0.2) is 0 Å². The number of hydrogen-bond acceptors (Lipinski definition) is 5. The number of aliphatic hydroxyl groups is 1. The van der Waals surface area contributed by atoms with Gasteiger partial charge in [0.1, 0.15) is 5.60 Å². The molecule has 1 aliphatic carbocycles. The number of ether oxygens (including phenoxy) is 1. The van der Waals surface area contributed by atoms with E-state index in [1.807, 2.05) is 43.9 Å². The lowest BCUT2D eigenvalue weighted by Gasteiger charge is -2.38. The number of benzene rings is 1. The summed E-state index contributed by atoms with van der Waals surface area (Å²) in [7, 11) is 0. The smallest absolute Gasteiger partial charge is 0.410 e. The van der Waals surface area contributed by atoms with Gasteiger partial charge in [-0.3, -0.25) is 4.90 Å². The highest BCUT2D eigenvalue weighted by Gasteiger charge is 2.33. The van der Waals surface area contributed by atoms with Crippen LogP contribution in [0.2, 0.25) is 0 Å². The van der Waals surface area contributed by atoms with Gasteiger partial charge in [0.25, 0.3) is 0 Å². The SMILES string of the molecule is CC(C)(C)OC(=O)N(CCN1CC[C@@H](O)C1)[C@H]1CC[C@H](c2cccc(C#N)c2)CC1. The Morgan fingerprint density at radius 3 is 2.60 bits per heavy atom. The van der Waals surface area contributed by atoms with Gasteiger partial charge in [-0.15, -0.1) is 0 Å². The van der Waals surface area contributed by atoms with Crippen LogP contribution in [0, 0.1) is 11.3 Å². The molecule has 1 saturated heterocycles. The Bertz CT molecular complexity index is 760. The largest absolute Gasteiger partial charge is 0.444 e. The number of nitrogens with zero attached hydrogens (tertiary/aromatic N) is 3. The first-order valence-electron chi connectivity index (χ1n) is 11.2. The number of carbonyl (C=O) groups excluding carboxylic acids is 1. The van der Waals surface area contributed by atoms with Gasteiger partial charge in [0, 0.05) is 32.2 Å². The second-order valence-electron chi connectivity index (χ2n) is 9.66. The number of carbonyl (C=O) groups is 1. The van der Waals surface area contributed by atoms with Crippen molar-refractivity contribution in [3.63, 3.8) is 0 Å². The first-order chi connectivity index (χ1) is 14.2. The Balaban J connectivity index is 1.62. The zero-order valence-corrected chi connectivity index (χ0v) is 18.5. The Kier molecular flexibility index (Phi) is 7.38. The van der Waals surface area contributed by atoms with Gasteiger partial charge in [0.2, 0.25) is 0 Å². The van der Waals surface area contributed by atoms with E-state index in [-0.39, 0.29) is 18.2 Å². The summed E-state index contributed by atoms with van der Waals surface area (Å²) in [6.45, 7) is 8.66. The highest BCUT2D eigenvalue weighted by Crippen LogP contribution is 2.35. The van der Waals surface area contributed by atoms with Gasteiger partial charge >= 0.3 is 6.09 Å². The minimum absolute atomic E-state index is 0.169. The molecule has 1 aromatic rings. The molecule has 0 bridgehead atoms. The molecule has 0 radical (unpaired) electrons. The quantitative estimate of drug-likeness (QED) is 0.792. The van der Waals surface area contributed by atoms with Crippen LogP contribution in [0.25, 0.3) is 0 Å². The van der Waals surface area contributed by atoms with Crippen molar-refractivity contribution in [3.8, 4) is 6.07 Å². The maximum absolute atomic E-state index is 13.0. The number of β-amino-alcohol motifs (C(OH)–C–C–N with tert-alkyl or cyclic N) is 1. The van der Waals surface area contributed by atoms with E-state index in [0.29, 0.717) is 24.6 Å². The molecule has 1 N–H and O–H groups in total. The van der Waals surface area contributed by atoms with Crippen molar-refractivity contribution in [1.82, 2.24) is 9.80 Å². The fourth-order valence-electron chi connectivity index (χ4n) is 4.59. The zero-order valence-electron chi connectivity index (χ0n) is 18.5. The van der Waals surface area contributed by atoms with Crippen molar-refractivity contribution >= 4 is 6.09 Å². The summed E-state index contributed by atoms with van der Waals surface area (Å²) in [6, 6.07) is 10.3. The third-order valence-electron chi connectivity index (χ3n) is 6.16. The lowest BCUT2D eigenvalue weighted by Crippen LogP contribution is -2.47. The molecular weight excluding hydrogens is 378 g/mol. The molecule has 0 spiro atoms. The molecule has 3 rings (SSSR count). The molecule has 164 valence electrons. The predicted octanol–water partition coefficient (Wildman–Crippen LogP) is 3.89. The molecule has 1 heterocycles. The van der Waals surface area contributed by atoms with Gasteiger partial charge < -0.3 is 14.7 Å². The van der Waals surface area contributed by atoms with E-state index in [1.54, 1.807) is 0 Å². The van der Waals surface area contributed by atoms with Crippen molar-refractivity contribution in [2.45, 2.75) is 76.5 Å². The molecular formula is C24H35N3O3. The molecule has 1 atom stereocenters. The summed E-state index contributed by atoms with van der Waals surface area (Å²) >= 11 is 0. The number of amides is 1. The molecule has 1 aromatic carbocycles. The second kappa shape index (κ2) is 9.80. The van der Waals surface area contributed by atoms with E-state index in [2.05, 4.69) is 17.0 Å². The van der Waals surface area contributed by atoms with Crippen molar-refractivity contribution in [2.24, 2.45) is 0 Å². The van der Waals surface area contributed by atoms with E-state index in [9.17, 15) is 9.90 Å². The maximum Gasteiger partial charge on any atom is 0.410 e. The van der Waals surface area contributed by atoms with Crippen molar-refractivity contribution in [3.05, 3.63) is 35.4 Å². The van der Waals surface area contributed by atoms with E-state index < -0.39 is 5.60 Å². The molecule has 30 heavy (non-hydrogen) atoms. The van der Waals surface area contributed by atoms with Gasteiger partial charge in [-0.2, -0.15) is 5.26 Å². The van der Waals surface area contributed by atoms with Crippen molar-refractivity contribution in [1.29, 1.82) is 5.26 Å². The molecule has 6 nitrogen and oxygen atoms in total. The molecule has 6 heteroatoms. The second-order valence-corrected chi connectivity index (χ2v) is 9.66. The van der Waals surface area contributed by atoms with Gasteiger partial charge in [-0.25, -0.2) is 4.79 Å².